The molecule has 1 N–H and O–H groups in total. The number of carbonyl (C=O) groups excluding carboxylic acids is 1. The Kier molecular flexibility index (Phi) is 6.21. The van der Waals surface area contributed by atoms with E-state index in [-0.39, 0.29) is 17.6 Å². The van der Waals surface area contributed by atoms with Crippen molar-refractivity contribution in [2.24, 2.45) is 11.1 Å². The van der Waals surface area contributed by atoms with E-state index in [9.17, 15) is 4.79 Å². The summed E-state index contributed by atoms with van der Waals surface area (Å²) in [4.78, 5) is 12.1. The molecule has 0 amide bonds. The van der Waals surface area contributed by atoms with Crippen LogP contribution in [0.3, 0.4) is 0 Å². The quantitative estimate of drug-likeness (QED) is 0.316. The van der Waals surface area contributed by atoms with Gasteiger partial charge in [-0.15, -0.1) is 0 Å². The van der Waals surface area contributed by atoms with Crippen LogP contribution in [0.1, 0.15) is 66.2 Å². The lowest BCUT2D eigenvalue weighted by Gasteiger charge is -2.43. The largest absolute Gasteiger partial charge is 0.411 e. The van der Waals surface area contributed by atoms with Crippen LogP contribution in [0, 0.1) is 5.92 Å². The highest BCUT2D eigenvalue weighted by Crippen LogP contribution is 2.44. The molecule has 136 valence electrons. The second-order valence-corrected chi connectivity index (χ2v) is 7.80. The molecule has 0 spiro atoms. The number of Topliss-reactive ketones (excluding diaryl/α,β-unsaturated/α-hetero) is 1. The Morgan fingerprint density at radius 3 is 2.88 bits per heavy atom. The third-order valence-electron chi connectivity index (χ3n) is 5.40. The van der Waals surface area contributed by atoms with Crippen molar-refractivity contribution in [1.82, 2.24) is 0 Å². The van der Waals surface area contributed by atoms with E-state index in [1.807, 2.05) is 26.8 Å². The molecule has 2 heterocycles. The van der Waals surface area contributed by atoms with Crippen LogP contribution in [0.4, 0.5) is 0 Å². The number of nitrogens with zero attached hydrogens (tertiary/aromatic N) is 1. The minimum atomic E-state index is -0.549. The van der Waals surface area contributed by atoms with E-state index >= 15 is 0 Å². The van der Waals surface area contributed by atoms with Gasteiger partial charge < -0.3 is 14.7 Å². The van der Waals surface area contributed by atoms with E-state index in [1.54, 1.807) is 0 Å². The van der Waals surface area contributed by atoms with Crippen LogP contribution < -0.4 is 0 Å². The number of fused-ring (bicyclic) bond motifs is 2. The number of hydrogen-bond donors (Lipinski definition) is 1. The minimum absolute atomic E-state index is 0.0286. The summed E-state index contributed by atoms with van der Waals surface area (Å²) in [5.74, 6) is 0.388. The molecule has 2 bridgehead atoms. The van der Waals surface area contributed by atoms with Crippen molar-refractivity contribution < 1.29 is 19.5 Å². The van der Waals surface area contributed by atoms with E-state index in [2.05, 4.69) is 12.1 Å². The Hall–Kier alpha value is -1.20. The topological polar surface area (TPSA) is 68.1 Å². The van der Waals surface area contributed by atoms with Crippen molar-refractivity contribution in [2.75, 3.05) is 6.61 Å². The van der Waals surface area contributed by atoms with Gasteiger partial charge in [-0.2, -0.15) is 0 Å². The average Bonchev–Trinajstić information content (AvgIpc) is 2.91. The van der Waals surface area contributed by atoms with Crippen LogP contribution in [0.5, 0.6) is 0 Å². The maximum Gasteiger partial charge on any atom is 0.139 e. The Labute approximate surface area is 145 Å². The van der Waals surface area contributed by atoms with E-state index in [0.29, 0.717) is 18.8 Å². The molecule has 0 aromatic heterocycles. The Balaban J connectivity index is 1.80. The Morgan fingerprint density at radius 1 is 1.46 bits per heavy atom. The number of oxime groups is 1. The van der Waals surface area contributed by atoms with E-state index in [1.165, 1.54) is 11.8 Å². The fourth-order valence-corrected chi connectivity index (χ4v) is 3.59. The Morgan fingerprint density at radius 2 is 2.21 bits per heavy atom. The zero-order chi connectivity index (χ0) is 17.8. The Bertz CT molecular complexity index is 511. The van der Waals surface area contributed by atoms with Crippen molar-refractivity contribution in [3.05, 3.63) is 11.6 Å². The highest BCUT2D eigenvalue weighted by molar-refractivity contribution is 5.82. The zero-order valence-electron chi connectivity index (χ0n) is 15.4. The van der Waals surface area contributed by atoms with Gasteiger partial charge in [-0.05, 0) is 52.9 Å². The molecule has 0 aliphatic carbocycles. The summed E-state index contributed by atoms with van der Waals surface area (Å²) in [6, 6.07) is 0. The smallest absolute Gasteiger partial charge is 0.139 e. The summed E-state index contributed by atoms with van der Waals surface area (Å²) in [6.45, 7) is 8.57. The van der Waals surface area contributed by atoms with Crippen LogP contribution in [0.2, 0.25) is 0 Å². The van der Waals surface area contributed by atoms with Crippen molar-refractivity contribution >= 4 is 12.0 Å². The first kappa shape index (κ1) is 19.1. The van der Waals surface area contributed by atoms with Crippen LogP contribution in [0.15, 0.2) is 16.8 Å². The van der Waals surface area contributed by atoms with Crippen molar-refractivity contribution in [3.63, 3.8) is 0 Å². The molecule has 2 fully saturated rings. The lowest BCUT2D eigenvalue weighted by atomic mass is 9.88. The summed E-state index contributed by atoms with van der Waals surface area (Å²) in [5, 5.41) is 11.9. The van der Waals surface area contributed by atoms with Gasteiger partial charge in [0.05, 0.1) is 24.5 Å². The van der Waals surface area contributed by atoms with E-state index < -0.39 is 5.60 Å². The summed E-state index contributed by atoms with van der Waals surface area (Å²) < 4.78 is 12.2. The third-order valence-corrected chi connectivity index (χ3v) is 5.40. The SMILES string of the molecule is CC(C)=CCC(=O)C(C)CCC[C@]1(C)OC[C@]2(/C=N\O)CC[C@H]1O2. The fraction of sp³-hybridized carbons (Fsp3) is 0.789. The van der Waals surface area contributed by atoms with Gasteiger partial charge >= 0.3 is 0 Å². The molecule has 4 atom stereocenters. The number of ether oxygens (including phenoxy) is 2. The first-order valence-electron chi connectivity index (χ1n) is 8.97. The molecular weight excluding hydrogens is 306 g/mol. The van der Waals surface area contributed by atoms with Crippen molar-refractivity contribution in [3.8, 4) is 0 Å². The molecule has 1 unspecified atom stereocenters. The lowest BCUT2D eigenvalue weighted by molar-refractivity contribution is -0.218. The van der Waals surface area contributed by atoms with Gasteiger partial charge in [0, 0.05) is 12.3 Å². The van der Waals surface area contributed by atoms with Gasteiger partial charge in [0.2, 0.25) is 0 Å². The van der Waals surface area contributed by atoms with Gasteiger partial charge in [-0.1, -0.05) is 23.7 Å². The fourth-order valence-electron chi connectivity index (χ4n) is 3.59. The van der Waals surface area contributed by atoms with Crippen LogP contribution in [0.25, 0.3) is 0 Å². The van der Waals surface area contributed by atoms with Crippen LogP contribution >= 0.6 is 0 Å². The van der Waals surface area contributed by atoms with Crippen LogP contribution in [-0.2, 0) is 14.3 Å². The van der Waals surface area contributed by atoms with Gasteiger partial charge in [0.1, 0.15) is 11.4 Å². The lowest BCUT2D eigenvalue weighted by Crippen LogP contribution is -2.53. The summed E-state index contributed by atoms with van der Waals surface area (Å²) in [6.07, 6.45) is 8.46. The van der Waals surface area contributed by atoms with Gasteiger partial charge in [-0.3, -0.25) is 4.79 Å². The molecule has 0 saturated carbocycles. The third kappa shape index (κ3) is 4.45. The first-order chi connectivity index (χ1) is 11.3. The average molecular weight is 337 g/mol. The highest BCUT2D eigenvalue weighted by atomic mass is 16.6. The second kappa shape index (κ2) is 7.79. The van der Waals surface area contributed by atoms with Gasteiger partial charge in [0.25, 0.3) is 0 Å². The molecule has 0 aromatic rings. The molecular formula is C19H31NO4. The normalized spacial score (nSPS) is 33.6. The van der Waals surface area contributed by atoms with Crippen molar-refractivity contribution in [1.29, 1.82) is 0 Å². The maximum absolute atomic E-state index is 12.1. The second-order valence-electron chi connectivity index (χ2n) is 7.80. The molecule has 5 nitrogen and oxygen atoms in total. The summed E-state index contributed by atoms with van der Waals surface area (Å²) in [5.41, 5.74) is 0.324. The monoisotopic (exact) mass is 337 g/mol. The van der Waals surface area contributed by atoms with E-state index in [4.69, 9.17) is 14.7 Å². The number of rotatable bonds is 8. The first-order valence-corrected chi connectivity index (χ1v) is 8.97. The molecule has 5 heteroatoms. The highest BCUT2D eigenvalue weighted by Gasteiger charge is 2.53. The standard InChI is InChI=1S/C19H31NO4/c1-14(2)7-8-16(21)15(3)6-5-10-18(4)17-9-11-19(24-17,12-20-22)13-23-18/h7,12,15,17,22H,5-6,8-11,13H2,1-4H3/b20-12-/t15?,17-,18+,19-/m1/s1. The number of carbonyl (C=O) groups is 1. The number of allylic oxidation sites excluding steroid dienone is 2. The number of hydrogen-bond acceptors (Lipinski definition) is 5. The molecule has 2 aliphatic heterocycles. The van der Waals surface area contributed by atoms with E-state index in [0.717, 1.165) is 32.1 Å². The molecule has 2 rings (SSSR count). The zero-order valence-corrected chi connectivity index (χ0v) is 15.4. The maximum atomic E-state index is 12.1. The predicted octanol–water partition coefficient (Wildman–Crippen LogP) is 3.88. The molecule has 2 saturated heterocycles. The number of ketones is 1. The molecule has 0 aromatic carbocycles. The van der Waals surface area contributed by atoms with Crippen LogP contribution in [-0.4, -0.2) is 41.1 Å². The molecule has 2 aliphatic rings. The summed E-state index contributed by atoms with van der Waals surface area (Å²) >= 11 is 0. The molecule has 24 heavy (non-hydrogen) atoms. The van der Waals surface area contributed by atoms with Crippen molar-refractivity contribution in [2.45, 2.75) is 83.5 Å². The van der Waals surface area contributed by atoms with Gasteiger partial charge in [0.15, 0.2) is 0 Å². The van der Waals surface area contributed by atoms with Gasteiger partial charge in [-0.25, -0.2) is 0 Å². The summed E-state index contributed by atoms with van der Waals surface area (Å²) in [7, 11) is 0. The molecule has 0 radical (unpaired) electrons. The minimum Gasteiger partial charge on any atom is -0.411 e. The predicted molar refractivity (Wildman–Crippen MR) is 93.5 cm³/mol.